The number of ether oxygens (including phenoxy) is 1. The Morgan fingerprint density at radius 2 is 2.05 bits per heavy atom. The van der Waals surface area contributed by atoms with E-state index in [1.165, 1.54) is 11.8 Å². The van der Waals surface area contributed by atoms with Crippen LogP contribution in [0.15, 0.2) is 34.7 Å². The van der Waals surface area contributed by atoms with Gasteiger partial charge in [0, 0.05) is 32.1 Å². The normalized spacial score (nSPS) is 10.4. The Hall–Kier alpha value is -1.73. The first kappa shape index (κ1) is 13.7. The molecule has 0 unspecified atom stereocenters. The number of aromatic nitrogens is 4. The van der Waals surface area contributed by atoms with E-state index < -0.39 is 0 Å². The number of hydrogen-bond acceptors (Lipinski definition) is 7. The Labute approximate surface area is 116 Å². The molecule has 100 valence electrons. The van der Waals surface area contributed by atoms with Gasteiger partial charge in [0.05, 0.1) is 0 Å². The fraction of sp³-hybridized carbons (Fsp3) is 0.333. The molecule has 0 bridgehead atoms. The van der Waals surface area contributed by atoms with Crippen LogP contribution in [0.4, 0.5) is 5.82 Å². The second-order valence-electron chi connectivity index (χ2n) is 3.60. The topological polar surface area (TPSA) is 72.8 Å². The van der Waals surface area contributed by atoms with Crippen molar-refractivity contribution in [2.75, 3.05) is 19.0 Å². The first-order chi connectivity index (χ1) is 9.31. The summed E-state index contributed by atoms with van der Waals surface area (Å²) >= 11 is 1.40. The molecule has 0 saturated carbocycles. The minimum atomic E-state index is 0.377. The summed E-state index contributed by atoms with van der Waals surface area (Å²) in [6, 6.07) is 3.66. The minimum Gasteiger partial charge on any atom is -0.377 e. The van der Waals surface area contributed by atoms with E-state index in [9.17, 15) is 0 Å². The van der Waals surface area contributed by atoms with Gasteiger partial charge in [0.1, 0.15) is 17.5 Å². The molecule has 2 rings (SSSR count). The van der Waals surface area contributed by atoms with Gasteiger partial charge in [-0.05, 0) is 24.8 Å². The summed E-state index contributed by atoms with van der Waals surface area (Å²) in [5, 5.41) is 4.63. The Morgan fingerprint density at radius 3 is 2.74 bits per heavy atom. The zero-order valence-corrected chi connectivity index (χ0v) is 11.6. The van der Waals surface area contributed by atoms with Crippen molar-refractivity contribution < 1.29 is 4.74 Å². The smallest absolute Gasteiger partial charge is 0.193 e. The van der Waals surface area contributed by atoms with Gasteiger partial charge >= 0.3 is 0 Å². The molecule has 0 saturated heterocycles. The van der Waals surface area contributed by atoms with Gasteiger partial charge < -0.3 is 10.1 Å². The summed E-state index contributed by atoms with van der Waals surface area (Å²) in [5.74, 6) is 1.42. The SMILES string of the molecule is CCNc1cc(Sc2ncccn2)nc(COC)n1. The van der Waals surface area contributed by atoms with Crippen LogP contribution in [0.3, 0.4) is 0 Å². The van der Waals surface area contributed by atoms with E-state index in [1.54, 1.807) is 25.6 Å². The van der Waals surface area contributed by atoms with E-state index >= 15 is 0 Å². The highest BCUT2D eigenvalue weighted by Crippen LogP contribution is 2.24. The van der Waals surface area contributed by atoms with Crippen molar-refractivity contribution in [2.24, 2.45) is 0 Å². The summed E-state index contributed by atoms with van der Waals surface area (Å²) in [7, 11) is 1.62. The first-order valence-electron chi connectivity index (χ1n) is 5.87. The van der Waals surface area contributed by atoms with Crippen LogP contribution >= 0.6 is 11.8 Å². The fourth-order valence-corrected chi connectivity index (χ4v) is 2.16. The third kappa shape index (κ3) is 4.15. The van der Waals surface area contributed by atoms with Gasteiger partial charge in [-0.15, -0.1) is 0 Å². The zero-order chi connectivity index (χ0) is 13.5. The van der Waals surface area contributed by atoms with Gasteiger partial charge in [0.2, 0.25) is 0 Å². The Balaban J connectivity index is 2.23. The summed E-state index contributed by atoms with van der Waals surface area (Å²) in [6.07, 6.45) is 3.41. The maximum atomic E-state index is 5.07. The summed E-state index contributed by atoms with van der Waals surface area (Å²) in [5.41, 5.74) is 0. The molecule has 2 aromatic rings. The zero-order valence-electron chi connectivity index (χ0n) is 10.8. The van der Waals surface area contributed by atoms with Crippen molar-refractivity contribution in [3.05, 3.63) is 30.4 Å². The van der Waals surface area contributed by atoms with Crippen molar-refractivity contribution in [3.8, 4) is 0 Å². The predicted octanol–water partition coefficient (Wildman–Crippen LogP) is 2.00. The summed E-state index contributed by atoms with van der Waals surface area (Å²) in [6.45, 7) is 3.20. The molecule has 6 nitrogen and oxygen atoms in total. The lowest BCUT2D eigenvalue weighted by molar-refractivity contribution is 0.177. The molecule has 0 amide bonds. The van der Waals surface area contributed by atoms with Gasteiger partial charge in [-0.2, -0.15) is 0 Å². The summed E-state index contributed by atoms with van der Waals surface area (Å²) < 4.78 is 5.07. The molecule has 0 fully saturated rings. The van der Waals surface area contributed by atoms with Crippen molar-refractivity contribution in [3.63, 3.8) is 0 Å². The van der Waals surface area contributed by atoms with Crippen molar-refractivity contribution in [1.29, 1.82) is 0 Å². The number of nitrogens with zero attached hydrogens (tertiary/aromatic N) is 4. The molecule has 0 aliphatic carbocycles. The van der Waals surface area contributed by atoms with Crippen LogP contribution in [0.2, 0.25) is 0 Å². The third-order valence-electron chi connectivity index (χ3n) is 2.12. The predicted molar refractivity (Wildman–Crippen MR) is 73.1 cm³/mol. The van der Waals surface area contributed by atoms with E-state index in [4.69, 9.17) is 4.74 Å². The third-order valence-corrected chi connectivity index (χ3v) is 2.93. The Kier molecular flexibility index (Phi) is 5.05. The number of rotatable bonds is 6. The fourth-order valence-electron chi connectivity index (χ4n) is 1.42. The minimum absolute atomic E-state index is 0.377. The quantitative estimate of drug-likeness (QED) is 0.639. The standard InChI is InChI=1S/C12H15N5OS/c1-3-13-9-7-11(17-10(16-9)8-18-2)19-12-14-5-4-6-15-12/h4-7H,3,8H2,1-2H3,(H,13,16,17). The van der Waals surface area contributed by atoms with Crippen LogP contribution in [-0.2, 0) is 11.3 Å². The second-order valence-corrected chi connectivity index (χ2v) is 4.59. The molecular weight excluding hydrogens is 262 g/mol. The number of hydrogen-bond donors (Lipinski definition) is 1. The van der Waals surface area contributed by atoms with Gasteiger partial charge in [-0.1, -0.05) is 0 Å². The van der Waals surface area contributed by atoms with E-state index in [-0.39, 0.29) is 0 Å². The molecule has 0 atom stereocenters. The highest BCUT2D eigenvalue weighted by molar-refractivity contribution is 7.99. The van der Waals surface area contributed by atoms with Crippen molar-refractivity contribution in [1.82, 2.24) is 19.9 Å². The molecule has 2 aromatic heterocycles. The van der Waals surface area contributed by atoms with Crippen LogP contribution in [0.25, 0.3) is 0 Å². The number of anilines is 1. The van der Waals surface area contributed by atoms with Crippen molar-refractivity contribution >= 4 is 17.6 Å². The molecular formula is C12H15N5OS. The average Bonchev–Trinajstić information content (AvgIpc) is 2.40. The van der Waals surface area contributed by atoms with Gasteiger partial charge in [-0.25, -0.2) is 19.9 Å². The van der Waals surface area contributed by atoms with Gasteiger partial charge in [0.15, 0.2) is 11.0 Å². The molecule has 0 radical (unpaired) electrons. The lowest BCUT2D eigenvalue weighted by atomic mass is 10.5. The van der Waals surface area contributed by atoms with Crippen LogP contribution in [0.5, 0.6) is 0 Å². The molecule has 19 heavy (non-hydrogen) atoms. The van der Waals surface area contributed by atoms with E-state index in [0.717, 1.165) is 17.4 Å². The maximum Gasteiger partial charge on any atom is 0.193 e. The molecule has 2 heterocycles. The van der Waals surface area contributed by atoms with E-state index in [1.807, 2.05) is 13.0 Å². The largest absolute Gasteiger partial charge is 0.377 e. The maximum absolute atomic E-state index is 5.07. The molecule has 1 N–H and O–H groups in total. The number of methoxy groups -OCH3 is 1. The lowest BCUT2D eigenvalue weighted by Crippen LogP contribution is -2.05. The first-order valence-corrected chi connectivity index (χ1v) is 6.69. The Bertz CT molecular complexity index is 499. The molecule has 7 heteroatoms. The van der Waals surface area contributed by atoms with E-state index in [2.05, 4.69) is 25.3 Å². The van der Waals surface area contributed by atoms with Crippen molar-refractivity contribution in [2.45, 2.75) is 23.7 Å². The summed E-state index contributed by atoms with van der Waals surface area (Å²) in [4.78, 5) is 17.1. The van der Waals surface area contributed by atoms with Gasteiger partial charge in [0.25, 0.3) is 0 Å². The molecule has 0 aliphatic rings. The lowest BCUT2D eigenvalue weighted by Gasteiger charge is -2.07. The van der Waals surface area contributed by atoms with E-state index in [0.29, 0.717) is 17.6 Å². The molecule has 0 spiro atoms. The highest BCUT2D eigenvalue weighted by Gasteiger charge is 2.07. The van der Waals surface area contributed by atoms with Crippen LogP contribution in [0.1, 0.15) is 12.7 Å². The highest BCUT2D eigenvalue weighted by atomic mass is 32.2. The average molecular weight is 277 g/mol. The number of nitrogens with one attached hydrogen (secondary N) is 1. The molecule has 0 aromatic carbocycles. The van der Waals surface area contributed by atoms with Crippen LogP contribution < -0.4 is 5.32 Å². The molecule has 0 aliphatic heterocycles. The van der Waals surface area contributed by atoms with Crippen LogP contribution in [-0.4, -0.2) is 33.6 Å². The monoisotopic (exact) mass is 277 g/mol. The Morgan fingerprint density at radius 1 is 1.26 bits per heavy atom. The second kappa shape index (κ2) is 7.01. The van der Waals surface area contributed by atoms with Crippen LogP contribution in [0, 0.1) is 0 Å². The van der Waals surface area contributed by atoms with Gasteiger partial charge in [-0.3, -0.25) is 0 Å².